The van der Waals surface area contributed by atoms with Gasteiger partial charge in [0.15, 0.2) is 0 Å². The molecule has 2 aromatic carbocycles. The van der Waals surface area contributed by atoms with Gasteiger partial charge in [0.05, 0.1) is 5.41 Å². The van der Waals surface area contributed by atoms with Crippen molar-refractivity contribution in [1.82, 2.24) is 10.2 Å². The van der Waals surface area contributed by atoms with E-state index in [-0.39, 0.29) is 30.9 Å². The van der Waals surface area contributed by atoms with Gasteiger partial charge in [-0.2, -0.15) is 0 Å². The van der Waals surface area contributed by atoms with Crippen molar-refractivity contribution >= 4 is 18.0 Å². The summed E-state index contributed by atoms with van der Waals surface area (Å²) in [6.45, 7) is 4.22. The van der Waals surface area contributed by atoms with Crippen LogP contribution in [-0.2, 0) is 14.3 Å². The Morgan fingerprint density at radius 3 is 2.15 bits per heavy atom. The number of aliphatic carboxylic acids is 1. The van der Waals surface area contributed by atoms with Crippen LogP contribution in [0.2, 0.25) is 0 Å². The number of ether oxygens (including phenoxy) is 1. The number of nitrogens with zero attached hydrogens (tertiary/aromatic N) is 1. The van der Waals surface area contributed by atoms with Crippen LogP contribution >= 0.6 is 0 Å². The second-order valence-electron chi connectivity index (χ2n) is 9.84. The zero-order valence-electron chi connectivity index (χ0n) is 18.8. The molecule has 2 N–H and O–H groups in total. The number of likely N-dealkylation sites (tertiary alicyclic amines) is 1. The average molecular weight is 449 g/mol. The third kappa shape index (κ3) is 3.46. The number of carbonyl (C=O) groups is 3. The van der Waals surface area contributed by atoms with Gasteiger partial charge in [0, 0.05) is 19.0 Å². The maximum absolute atomic E-state index is 13.2. The van der Waals surface area contributed by atoms with Gasteiger partial charge in [0.2, 0.25) is 5.91 Å². The molecule has 0 aromatic heterocycles. The van der Waals surface area contributed by atoms with E-state index in [1.807, 2.05) is 31.2 Å². The zero-order chi connectivity index (χ0) is 23.4. The molecule has 33 heavy (non-hydrogen) atoms. The fraction of sp³-hybridized carbons (Fsp3) is 0.423. The topological polar surface area (TPSA) is 95.9 Å². The number of nitrogens with one attached hydrogen (secondary N) is 1. The van der Waals surface area contributed by atoms with Crippen molar-refractivity contribution in [2.75, 3.05) is 19.7 Å². The number of hydrogen-bond donors (Lipinski definition) is 2. The lowest BCUT2D eigenvalue weighted by molar-refractivity contribution is -0.149. The summed E-state index contributed by atoms with van der Waals surface area (Å²) in [6.07, 6.45) is 0.450. The molecule has 1 aliphatic heterocycles. The number of alkyl carbamates (subject to hydrolysis) is 1. The fourth-order valence-corrected chi connectivity index (χ4v) is 5.23. The Morgan fingerprint density at radius 2 is 1.64 bits per heavy atom. The second-order valence-corrected chi connectivity index (χ2v) is 9.84. The highest BCUT2D eigenvalue weighted by Gasteiger charge is 2.57. The van der Waals surface area contributed by atoms with Crippen LogP contribution in [0.1, 0.15) is 43.7 Å². The Bertz CT molecular complexity index is 1100. The van der Waals surface area contributed by atoms with Crippen LogP contribution in [0.15, 0.2) is 48.5 Å². The van der Waals surface area contributed by atoms with Gasteiger partial charge < -0.3 is 20.1 Å². The Morgan fingerprint density at radius 1 is 1.06 bits per heavy atom. The van der Waals surface area contributed by atoms with Crippen molar-refractivity contribution in [1.29, 1.82) is 0 Å². The third-order valence-corrected chi connectivity index (χ3v) is 7.72. The summed E-state index contributed by atoms with van der Waals surface area (Å²) in [4.78, 5) is 39.2. The molecule has 172 valence electrons. The van der Waals surface area contributed by atoms with Gasteiger partial charge in [0.25, 0.3) is 0 Å². The minimum atomic E-state index is -0.980. The lowest BCUT2D eigenvalue weighted by atomic mass is 9.81. The smallest absolute Gasteiger partial charge is 0.408 e. The maximum Gasteiger partial charge on any atom is 0.408 e. The Kier molecular flexibility index (Phi) is 4.96. The number of carbonyl (C=O) groups excluding carboxylic acids is 2. The molecule has 2 atom stereocenters. The molecule has 7 nitrogen and oxygen atoms in total. The Balaban J connectivity index is 1.24. The van der Waals surface area contributed by atoms with Crippen molar-refractivity contribution in [3.05, 3.63) is 59.7 Å². The molecular formula is C26H28N2O5. The number of fused-ring (bicyclic) bond motifs is 3. The first-order valence-electron chi connectivity index (χ1n) is 11.4. The molecule has 2 amide bonds. The van der Waals surface area contributed by atoms with Gasteiger partial charge in [-0.25, -0.2) is 4.79 Å². The van der Waals surface area contributed by atoms with E-state index in [0.29, 0.717) is 19.4 Å². The monoisotopic (exact) mass is 448 g/mol. The predicted octanol–water partition coefficient (Wildman–Crippen LogP) is 3.63. The predicted molar refractivity (Wildman–Crippen MR) is 122 cm³/mol. The molecule has 0 unspecified atom stereocenters. The molecule has 0 bridgehead atoms. The van der Waals surface area contributed by atoms with Gasteiger partial charge in [-0.1, -0.05) is 55.5 Å². The molecule has 5 rings (SSSR count). The number of hydrogen-bond acceptors (Lipinski definition) is 4. The molecule has 0 radical (unpaired) electrons. The number of benzene rings is 2. The molecular weight excluding hydrogens is 420 g/mol. The van der Waals surface area contributed by atoms with E-state index in [4.69, 9.17) is 4.74 Å². The first-order chi connectivity index (χ1) is 15.7. The normalized spacial score (nSPS) is 24.7. The number of carboxylic acid groups (broad SMARTS) is 1. The standard InChI is InChI=1S/C26H28N2O5/c1-16-13-28(15-25(16,2)23(30)31)22(29)26(11-12-26)27-24(32)33-14-21-19-9-5-3-7-17(19)18-8-4-6-10-20(18)21/h3-10,16,21H,11-15H2,1-2H3,(H,27,32)(H,30,31)/t16-,25-/m1/s1. The summed E-state index contributed by atoms with van der Waals surface area (Å²) in [5.41, 5.74) is 2.60. The van der Waals surface area contributed by atoms with E-state index in [9.17, 15) is 19.5 Å². The van der Waals surface area contributed by atoms with E-state index in [1.165, 1.54) is 0 Å². The van der Waals surface area contributed by atoms with Crippen LogP contribution in [0.4, 0.5) is 4.79 Å². The molecule has 0 spiro atoms. The number of rotatable bonds is 5. The molecule has 2 fully saturated rings. The lowest BCUT2D eigenvalue weighted by Gasteiger charge is -2.25. The van der Waals surface area contributed by atoms with Crippen LogP contribution in [0.5, 0.6) is 0 Å². The average Bonchev–Trinajstić information content (AvgIpc) is 3.41. The van der Waals surface area contributed by atoms with E-state index < -0.39 is 23.0 Å². The van der Waals surface area contributed by atoms with Crippen LogP contribution in [-0.4, -0.2) is 53.2 Å². The fourth-order valence-electron chi connectivity index (χ4n) is 5.23. The minimum Gasteiger partial charge on any atom is -0.481 e. The Hall–Kier alpha value is -3.35. The summed E-state index contributed by atoms with van der Waals surface area (Å²) in [7, 11) is 0. The highest BCUT2D eigenvalue weighted by molar-refractivity contribution is 5.93. The van der Waals surface area contributed by atoms with Crippen molar-refractivity contribution in [2.24, 2.45) is 11.3 Å². The van der Waals surface area contributed by atoms with E-state index in [2.05, 4.69) is 29.6 Å². The van der Waals surface area contributed by atoms with Gasteiger partial charge in [-0.15, -0.1) is 0 Å². The van der Waals surface area contributed by atoms with Crippen molar-refractivity contribution in [2.45, 2.75) is 38.1 Å². The molecule has 1 saturated carbocycles. The van der Waals surface area contributed by atoms with Crippen molar-refractivity contribution in [3.63, 3.8) is 0 Å². The molecule has 1 saturated heterocycles. The van der Waals surface area contributed by atoms with Crippen molar-refractivity contribution in [3.8, 4) is 11.1 Å². The second kappa shape index (κ2) is 7.61. The summed E-state index contributed by atoms with van der Waals surface area (Å²) < 4.78 is 5.61. The van der Waals surface area contributed by atoms with Crippen molar-refractivity contribution < 1.29 is 24.2 Å². The summed E-state index contributed by atoms with van der Waals surface area (Å²) in [5, 5.41) is 12.4. The SMILES string of the molecule is C[C@@H]1CN(C(=O)C2(NC(=O)OCC3c4ccccc4-c4ccccc43)CC2)C[C@@]1(C)C(=O)O. The number of amides is 2. The molecule has 3 aliphatic rings. The van der Waals surface area contributed by atoms with E-state index in [0.717, 1.165) is 22.3 Å². The van der Waals surface area contributed by atoms with Gasteiger partial charge >= 0.3 is 12.1 Å². The first-order valence-corrected chi connectivity index (χ1v) is 11.4. The lowest BCUT2D eigenvalue weighted by Crippen LogP contribution is -2.51. The Labute approximate surface area is 192 Å². The highest BCUT2D eigenvalue weighted by atomic mass is 16.5. The van der Waals surface area contributed by atoms with E-state index in [1.54, 1.807) is 11.8 Å². The first kappa shape index (κ1) is 21.5. The molecule has 2 aliphatic carbocycles. The van der Waals surface area contributed by atoms with E-state index >= 15 is 0 Å². The zero-order valence-corrected chi connectivity index (χ0v) is 18.8. The summed E-state index contributed by atoms with van der Waals surface area (Å²) in [5.74, 6) is -1.33. The van der Waals surface area contributed by atoms with Gasteiger partial charge in [-0.3, -0.25) is 9.59 Å². The van der Waals surface area contributed by atoms with Crippen LogP contribution in [0.3, 0.4) is 0 Å². The molecule has 1 heterocycles. The maximum atomic E-state index is 13.2. The number of carboxylic acids is 1. The minimum absolute atomic E-state index is 0.0512. The van der Waals surface area contributed by atoms with Crippen LogP contribution in [0, 0.1) is 11.3 Å². The van der Waals surface area contributed by atoms with Crippen LogP contribution in [0.25, 0.3) is 11.1 Å². The van der Waals surface area contributed by atoms with Gasteiger partial charge in [-0.05, 0) is 47.9 Å². The summed E-state index contributed by atoms with van der Waals surface area (Å²) >= 11 is 0. The summed E-state index contributed by atoms with van der Waals surface area (Å²) in [6, 6.07) is 16.2. The molecule has 2 aromatic rings. The highest BCUT2D eigenvalue weighted by Crippen LogP contribution is 2.45. The molecule has 7 heteroatoms. The third-order valence-electron chi connectivity index (χ3n) is 7.72. The van der Waals surface area contributed by atoms with Gasteiger partial charge in [0.1, 0.15) is 12.1 Å². The van der Waals surface area contributed by atoms with Crippen LogP contribution < -0.4 is 5.32 Å². The largest absolute Gasteiger partial charge is 0.481 e. The quantitative estimate of drug-likeness (QED) is 0.728.